The molecule has 0 spiro atoms. The number of carbonyl (C=O) groups excluding carboxylic acids is 1. The Bertz CT molecular complexity index is 439. The Hall–Kier alpha value is -2.11. The second-order valence-electron chi connectivity index (χ2n) is 4.81. The Kier molecular flexibility index (Phi) is 5.49. The molecule has 1 saturated carbocycles. The van der Waals surface area contributed by atoms with Gasteiger partial charge in [0.05, 0.1) is 17.6 Å². The highest BCUT2D eigenvalue weighted by Crippen LogP contribution is 2.44. The van der Waals surface area contributed by atoms with Gasteiger partial charge < -0.3 is 14.9 Å². The van der Waals surface area contributed by atoms with Crippen LogP contribution in [0, 0.1) is 11.3 Å². The van der Waals surface area contributed by atoms with Gasteiger partial charge in [0.1, 0.15) is 0 Å². The number of aliphatic carboxylic acids is 2. The van der Waals surface area contributed by atoms with Crippen molar-refractivity contribution in [3.8, 4) is 0 Å². The predicted octanol–water partition coefficient (Wildman–Crippen LogP) is 1.97. The number of allylic oxidation sites excluding steroid dienone is 1. The molecule has 0 aliphatic heterocycles. The molecule has 20 heavy (non-hydrogen) atoms. The average Bonchev–Trinajstić information content (AvgIpc) is 2.43. The first kappa shape index (κ1) is 15.9. The van der Waals surface area contributed by atoms with E-state index in [9.17, 15) is 24.6 Å². The fraction of sp³-hybridized carbons (Fsp3) is 0.500. The van der Waals surface area contributed by atoms with Gasteiger partial charge in [0.15, 0.2) is 0 Å². The van der Waals surface area contributed by atoms with Gasteiger partial charge in [0.25, 0.3) is 0 Å². The summed E-state index contributed by atoms with van der Waals surface area (Å²) in [7, 11) is 0. The van der Waals surface area contributed by atoms with E-state index in [-0.39, 0.29) is 6.42 Å². The fourth-order valence-corrected chi connectivity index (χ4v) is 2.61. The largest absolute Gasteiger partial charge is 0.481 e. The summed E-state index contributed by atoms with van der Waals surface area (Å²) < 4.78 is 4.62. The summed E-state index contributed by atoms with van der Waals surface area (Å²) in [6.07, 6.45) is 5.51. The number of rotatable bonds is 6. The minimum atomic E-state index is -1.33. The number of hydrogen-bond donors (Lipinski definition) is 2. The third-order valence-electron chi connectivity index (χ3n) is 3.69. The monoisotopic (exact) mass is 282 g/mol. The molecule has 110 valence electrons. The maximum absolute atomic E-state index is 11.6. The quantitative estimate of drug-likeness (QED) is 0.439. The number of hydrogen-bond acceptors (Lipinski definition) is 4. The Labute approximate surface area is 116 Å². The van der Waals surface area contributed by atoms with Crippen LogP contribution in [0.2, 0.25) is 0 Å². The summed E-state index contributed by atoms with van der Waals surface area (Å²) in [6.45, 7) is 3.23. The summed E-state index contributed by atoms with van der Waals surface area (Å²) in [4.78, 5) is 33.7. The molecule has 1 aliphatic rings. The van der Waals surface area contributed by atoms with Gasteiger partial charge in [-0.05, 0) is 25.3 Å². The highest BCUT2D eigenvalue weighted by atomic mass is 16.5. The first-order chi connectivity index (χ1) is 9.44. The van der Waals surface area contributed by atoms with Crippen molar-refractivity contribution in [2.24, 2.45) is 11.3 Å². The molecule has 0 saturated heterocycles. The Balaban J connectivity index is 2.85. The summed E-state index contributed by atoms with van der Waals surface area (Å²) in [5, 5.41) is 18.7. The Morgan fingerprint density at radius 2 is 2.00 bits per heavy atom. The molecule has 0 amide bonds. The van der Waals surface area contributed by atoms with Crippen LogP contribution in [-0.2, 0) is 19.1 Å². The van der Waals surface area contributed by atoms with Crippen molar-refractivity contribution >= 4 is 17.9 Å². The molecule has 2 unspecified atom stereocenters. The zero-order valence-electron chi connectivity index (χ0n) is 11.1. The van der Waals surface area contributed by atoms with Crippen LogP contribution in [0.1, 0.15) is 32.1 Å². The molecule has 0 aromatic carbocycles. The molecular weight excluding hydrogens is 264 g/mol. The number of carboxylic acid groups (broad SMARTS) is 2. The van der Waals surface area contributed by atoms with Crippen LogP contribution in [0.4, 0.5) is 0 Å². The molecule has 0 radical (unpaired) electrons. The number of carboxylic acids is 2. The van der Waals surface area contributed by atoms with Crippen LogP contribution >= 0.6 is 0 Å². The van der Waals surface area contributed by atoms with Gasteiger partial charge in [-0.1, -0.05) is 19.4 Å². The fourth-order valence-electron chi connectivity index (χ4n) is 2.61. The zero-order valence-corrected chi connectivity index (χ0v) is 11.1. The molecule has 2 N–H and O–H groups in total. The highest BCUT2D eigenvalue weighted by molar-refractivity contribution is 5.84. The maximum Gasteiger partial charge on any atom is 0.334 e. The highest BCUT2D eigenvalue weighted by Gasteiger charge is 2.49. The molecule has 1 aliphatic carbocycles. The van der Waals surface area contributed by atoms with E-state index >= 15 is 0 Å². The molecule has 1 fully saturated rings. The molecule has 0 aromatic rings. The number of ether oxygens (including phenoxy) is 1. The standard InChI is InChI=1S/C14H18O6/c1-2-11(15)20-9-5-8-14(13(18)19)7-4-3-6-10(14)12(16)17/h2,5,9-10H,1,3-4,6-8H2,(H,16,17)(H,18,19). The van der Waals surface area contributed by atoms with Gasteiger partial charge in [0, 0.05) is 6.08 Å². The summed E-state index contributed by atoms with van der Waals surface area (Å²) >= 11 is 0. The lowest BCUT2D eigenvalue weighted by molar-refractivity contribution is -0.165. The average molecular weight is 282 g/mol. The second-order valence-corrected chi connectivity index (χ2v) is 4.81. The van der Waals surface area contributed by atoms with Gasteiger partial charge in [-0.25, -0.2) is 4.79 Å². The molecular formula is C14H18O6. The molecule has 6 nitrogen and oxygen atoms in total. The van der Waals surface area contributed by atoms with Crippen molar-refractivity contribution < 1.29 is 29.3 Å². The van der Waals surface area contributed by atoms with Crippen molar-refractivity contribution in [3.63, 3.8) is 0 Å². The van der Waals surface area contributed by atoms with E-state index in [2.05, 4.69) is 11.3 Å². The normalized spacial score (nSPS) is 26.1. The molecule has 6 heteroatoms. The van der Waals surface area contributed by atoms with Crippen molar-refractivity contribution in [2.45, 2.75) is 32.1 Å². The molecule has 0 aromatic heterocycles. The lowest BCUT2D eigenvalue weighted by atomic mass is 9.64. The van der Waals surface area contributed by atoms with E-state index < -0.39 is 29.2 Å². The predicted molar refractivity (Wildman–Crippen MR) is 69.7 cm³/mol. The van der Waals surface area contributed by atoms with E-state index in [1.54, 1.807) is 0 Å². The minimum Gasteiger partial charge on any atom is -0.481 e. The van der Waals surface area contributed by atoms with E-state index in [0.717, 1.165) is 12.3 Å². The SMILES string of the molecule is C=CC(=O)OC=CCC1(C(=O)O)CCCCC1C(=O)O. The van der Waals surface area contributed by atoms with Crippen molar-refractivity contribution in [3.05, 3.63) is 25.0 Å². The number of carbonyl (C=O) groups is 3. The Morgan fingerprint density at radius 1 is 1.30 bits per heavy atom. The lowest BCUT2D eigenvalue weighted by Crippen LogP contribution is -2.44. The topological polar surface area (TPSA) is 101 Å². The van der Waals surface area contributed by atoms with E-state index in [4.69, 9.17) is 0 Å². The van der Waals surface area contributed by atoms with Gasteiger partial charge in [-0.15, -0.1) is 0 Å². The van der Waals surface area contributed by atoms with Crippen LogP contribution in [0.25, 0.3) is 0 Å². The maximum atomic E-state index is 11.6. The van der Waals surface area contributed by atoms with Gasteiger partial charge in [0.2, 0.25) is 0 Å². The minimum absolute atomic E-state index is 0.0176. The van der Waals surface area contributed by atoms with E-state index in [1.165, 1.54) is 6.08 Å². The molecule has 0 bridgehead atoms. The lowest BCUT2D eigenvalue weighted by Gasteiger charge is -2.37. The first-order valence-electron chi connectivity index (χ1n) is 6.38. The third kappa shape index (κ3) is 3.46. The molecule has 1 rings (SSSR count). The summed E-state index contributed by atoms with van der Waals surface area (Å²) in [5.74, 6) is -3.79. The molecule has 2 atom stereocenters. The van der Waals surface area contributed by atoms with Crippen molar-refractivity contribution in [2.75, 3.05) is 0 Å². The van der Waals surface area contributed by atoms with Crippen LogP contribution in [0.5, 0.6) is 0 Å². The van der Waals surface area contributed by atoms with Crippen LogP contribution in [0.3, 0.4) is 0 Å². The summed E-state index contributed by atoms with van der Waals surface area (Å²) in [5.41, 5.74) is -1.33. The van der Waals surface area contributed by atoms with Gasteiger partial charge in [-0.2, -0.15) is 0 Å². The van der Waals surface area contributed by atoms with E-state index in [1.807, 2.05) is 0 Å². The van der Waals surface area contributed by atoms with Gasteiger partial charge >= 0.3 is 17.9 Å². The third-order valence-corrected chi connectivity index (χ3v) is 3.69. The van der Waals surface area contributed by atoms with Crippen LogP contribution < -0.4 is 0 Å². The zero-order chi connectivity index (χ0) is 15.2. The van der Waals surface area contributed by atoms with Crippen LogP contribution in [0.15, 0.2) is 25.0 Å². The van der Waals surface area contributed by atoms with Gasteiger partial charge in [-0.3, -0.25) is 9.59 Å². The number of esters is 1. The molecule has 0 heterocycles. The van der Waals surface area contributed by atoms with Crippen LogP contribution in [-0.4, -0.2) is 28.1 Å². The Morgan fingerprint density at radius 3 is 2.55 bits per heavy atom. The summed E-state index contributed by atoms with van der Waals surface area (Å²) in [6, 6.07) is 0. The smallest absolute Gasteiger partial charge is 0.334 e. The first-order valence-corrected chi connectivity index (χ1v) is 6.38. The van der Waals surface area contributed by atoms with Crippen molar-refractivity contribution in [1.29, 1.82) is 0 Å². The second kappa shape index (κ2) is 6.88. The van der Waals surface area contributed by atoms with E-state index in [0.29, 0.717) is 25.7 Å². The van der Waals surface area contributed by atoms with Crippen molar-refractivity contribution in [1.82, 2.24) is 0 Å².